The van der Waals surface area contributed by atoms with Gasteiger partial charge in [-0.15, -0.1) is 0 Å². The molecule has 2 heterocycles. The van der Waals surface area contributed by atoms with Gasteiger partial charge in [-0.2, -0.15) is 0 Å². The van der Waals surface area contributed by atoms with Crippen LogP contribution in [0.15, 0.2) is 30.3 Å². The molecule has 166 valence electrons. The number of urea groups is 1. The lowest BCUT2D eigenvalue weighted by molar-refractivity contribution is -0.141. The lowest BCUT2D eigenvalue weighted by atomic mass is 9.81. The normalized spacial score (nSPS) is 21.6. The van der Waals surface area contributed by atoms with Crippen molar-refractivity contribution in [3.8, 4) is 0 Å². The number of likely N-dealkylation sites (tertiary alicyclic amines) is 1. The van der Waals surface area contributed by atoms with Crippen LogP contribution in [-0.2, 0) is 9.59 Å². The third kappa shape index (κ3) is 4.03. The Kier molecular flexibility index (Phi) is 5.98. The van der Waals surface area contributed by atoms with Crippen molar-refractivity contribution >= 4 is 23.8 Å². The van der Waals surface area contributed by atoms with Crippen molar-refractivity contribution in [1.82, 2.24) is 20.0 Å². The van der Waals surface area contributed by atoms with Gasteiger partial charge in [-0.1, -0.05) is 37.5 Å². The third-order valence-electron chi connectivity index (χ3n) is 7.00. The third-order valence-corrected chi connectivity index (χ3v) is 7.00. The summed E-state index contributed by atoms with van der Waals surface area (Å²) in [6, 6.07) is 8.69. The molecule has 31 heavy (non-hydrogen) atoms. The molecule has 0 bridgehead atoms. The molecule has 3 fully saturated rings. The van der Waals surface area contributed by atoms with Crippen molar-refractivity contribution in [2.45, 2.75) is 56.5 Å². The molecule has 4 rings (SSSR count). The number of likely N-dealkylation sites (N-methyl/N-ethyl adjacent to an activating group) is 1. The van der Waals surface area contributed by atoms with Crippen molar-refractivity contribution in [2.75, 3.05) is 26.7 Å². The number of benzene rings is 1. The minimum absolute atomic E-state index is 0.00319. The monoisotopic (exact) mass is 426 g/mol. The maximum absolute atomic E-state index is 13.1. The zero-order chi connectivity index (χ0) is 22.0. The Labute approximate surface area is 182 Å². The van der Waals surface area contributed by atoms with Crippen LogP contribution in [0.5, 0.6) is 0 Å². The highest BCUT2D eigenvalue weighted by Crippen LogP contribution is 2.39. The van der Waals surface area contributed by atoms with Crippen molar-refractivity contribution in [1.29, 1.82) is 0 Å². The van der Waals surface area contributed by atoms with Crippen LogP contribution < -0.4 is 5.32 Å². The molecule has 1 N–H and O–H groups in total. The van der Waals surface area contributed by atoms with E-state index in [0.29, 0.717) is 44.3 Å². The van der Waals surface area contributed by atoms with Crippen LogP contribution in [-0.4, -0.2) is 76.7 Å². The first-order valence-corrected chi connectivity index (χ1v) is 11.2. The van der Waals surface area contributed by atoms with Gasteiger partial charge in [0.05, 0.1) is 0 Å². The summed E-state index contributed by atoms with van der Waals surface area (Å²) in [5.41, 5.74) is -0.141. The van der Waals surface area contributed by atoms with Gasteiger partial charge in [0.15, 0.2) is 0 Å². The van der Waals surface area contributed by atoms with Gasteiger partial charge >= 0.3 is 6.03 Å². The van der Waals surface area contributed by atoms with Crippen LogP contribution in [0.3, 0.4) is 0 Å². The predicted molar refractivity (Wildman–Crippen MR) is 114 cm³/mol. The summed E-state index contributed by atoms with van der Waals surface area (Å²) in [4.78, 5) is 55.4. The summed E-state index contributed by atoms with van der Waals surface area (Å²) in [6.45, 7) is 0.788. The molecule has 1 spiro atoms. The highest BCUT2D eigenvalue weighted by atomic mass is 16.2. The fraction of sp³-hybridized carbons (Fsp3) is 0.565. The number of carbonyl (C=O) groups is 4. The number of piperidine rings is 1. The van der Waals surface area contributed by atoms with E-state index in [0.717, 1.165) is 24.2 Å². The van der Waals surface area contributed by atoms with Crippen LogP contribution in [0.2, 0.25) is 0 Å². The number of nitrogens with zero attached hydrogens (tertiary/aromatic N) is 3. The maximum atomic E-state index is 13.1. The van der Waals surface area contributed by atoms with Crippen LogP contribution in [0.4, 0.5) is 4.79 Å². The van der Waals surface area contributed by atoms with Gasteiger partial charge in [0.1, 0.15) is 12.1 Å². The molecule has 1 aliphatic carbocycles. The van der Waals surface area contributed by atoms with Gasteiger partial charge in [-0.3, -0.25) is 19.3 Å². The van der Waals surface area contributed by atoms with E-state index >= 15 is 0 Å². The zero-order valence-corrected chi connectivity index (χ0v) is 18.0. The minimum Gasteiger partial charge on any atom is -0.349 e. The summed E-state index contributed by atoms with van der Waals surface area (Å²) in [6.07, 6.45) is 5.56. The quantitative estimate of drug-likeness (QED) is 0.746. The molecule has 2 aliphatic heterocycles. The van der Waals surface area contributed by atoms with E-state index in [-0.39, 0.29) is 36.3 Å². The van der Waals surface area contributed by atoms with Crippen molar-refractivity contribution < 1.29 is 19.2 Å². The van der Waals surface area contributed by atoms with Gasteiger partial charge in [0.2, 0.25) is 5.91 Å². The summed E-state index contributed by atoms with van der Waals surface area (Å²) >= 11 is 0. The van der Waals surface area contributed by atoms with E-state index in [1.807, 2.05) is 18.2 Å². The Morgan fingerprint density at radius 3 is 2.32 bits per heavy atom. The Morgan fingerprint density at radius 2 is 1.68 bits per heavy atom. The Hall–Kier alpha value is -2.90. The van der Waals surface area contributed by atoms with Gasteiger partial charge in [0.25, 0.3) is 11.8 Å². The Balaban J connectivity index is 1.31. The van der Waals surface area contributed by atoms with E-state index in [1.54, 1.807) is 29.0 Å². The first-order chi connectivity index (χ1) is 14.9. The first-order valence-electron chi connectivity index (χ1n) is 11.2. The van der Waals surface area contributed by atoms with Crippen LogP contribution in [0.25, 0.3) is 0 Å². The fourth-order valence-electron chi connectivity index (χ4n) is 5.04. The molecule has 0 radical (unpaired) electrons. The highest BCUT2D eigenvalue weighted by Gasteiger charge is 2.56. The number of nitrogens with one attached hydrogen (secondary N) is 1. The van der Waals surface area contributed by atoms with E-state index in [4.69, 9.17) is 0 Å². The second-order valence-corrected chi connectivity index (χ2v) is 8.82. The van der Waals surface area contributed by atoms with Crippen molar-refractivity contribution in [3.05, 3.63) is 35.9 Å². The van der Waals surface area contributed by atoms with Gasteiger partial charge < -0.3 is 15.1 Å². The Morgan fingerprint density at radius 1 is 1.03 bits per heavy atom. The smallest absolute Gasteiger partial charge is 0.327 e. The molecule has 0 unspecified atom stereocenters. The predicted octanol–water partition coefficient (Wildman–Crippen LogP) is 2.00. The topological polar surface area (TPSA) is 90.0 Å². The molecule has 5 amide bonds. The average Bonchev–Trinajstić information content (AvgIpc) is 2.97. The molecular formula is C23H30N4O4. The summed E-state index contributed by atoms with van der Waals surface area (Å²) < 4.78 is 0. The largest absolute Gasteiger partial charge is 0.349 e. The zero-order valence-electron chi connectivity index (χ0n) is 18.0. The van der Waals surface area contributed by atoms with Gasteiger partial charge in [0, 0.05) is 31.7 Å². The molecule has 8 heteroatoms. The van der Waals surface area contributed by atoms with Crippen molar-refractivity contribution in [2.24, 2.45) is 0 Å². The molecule has 0 atom stereocenters. The first kappa shape index (κ1) is 21.3. The highest BCUT2D eigenvalue weighted by molar-refractivity contribution is 6.09. The lowest BCUT2D eigenvalue weighted by Crippen LogP contribution is -2.51. The summed E-state index contributed by atoms with van der Waals surface area (Å²) in [5.74, 6) is -0.548. The number of carbonyl (C=O) groups excluding carboxylic acids is 4. The van der Waals surface area contributed by atoms with Crippen molar-refractivity contribution in [3.63, 3.8) is 0 Å². The fourth-order valence-corrected chi connectivity index (χ4v) is 5.04. The average molecular weight is 427 g/mol. The number of hydrogen-bond acceptors (Lipinski definition) is 4. The molecule has 8 nitrogen and oxygen atoms in total. The Bertz CT molecular complexity index is 858. The van der Waals surface area contributed by atoms with E-state index in [9.17, 15) is 19.2 Å². The number of hydrogen-bond donors (Lipinski definition) is 1. The number of rotatable bonds is 4. The van der Waals surface area contributed by atoms with E-state index in [1.165, 1.54) is 0 Å². The minimum atomic E-state index is -0.760. The maximum Gasteiger partial charge on any atom is 0.327 e. The molecule has 1 aromatic carbocycles. The van der Waals surface area contributed by atoms with Gasteiger partial charge in [-0.25, -0.2) is 4.79 Å². The summed E-state index contributed by atoms with van der Waals surface area (Å²) in [5, 5.41) is 3.02. The van der Waals surface area contributed by atoms with Gasteiger partial charge in [-0.05, 0) is 37.8 Å². The second-order valence-electron chi connectivity index (χ2n) is 8.82. The molecule has 1 saturated carbocycles. The van der Waals surface area contributed by atoms with E-state index < -0.39 is 5.54 Å². The van der Waals surface area contributed by atoms with Crippen LogP contribution >= 0.6 is 0 Å². The molecule has 1 aromatic rings. The lowest BCUT2D eigenvalue weighted by Gasteiger charge is -2.36. The van der Waals surface area contributed by atoms with Crippen LogP contribution in [0.1, 0.15) is 55.3 Å². The summed E-state index contributed by atoms with van der Waals surface area (Å²) in [7, 11) is 1.68. The van der Waals surface area contributed by atoms with E-state index in [2.05, 4.69) is 5.32 Å². The number of imide groups is 1. The SMILES string of the molecule is CN1C(=O)N(CC(=O)N2CCC(NC(=O)c3ccccc3)CC2)C(=O)C12CCCCC2. The second kappa shape index (κ2) is 8.69. The molecule has 0 aromatic heterocycles. The molecular weight excluding hydrogens is 396 g/mol. The molecule has 3 aliphatic rings. The van der Waals surface area contributed by atoms with Crippen LogP contribution in [0, 0.1) is 0 Å². The number of amides is 5. The standard InChI is InChI=1S/C23H30N4O4/c1-25-22(31)27(21(30)23(25)12-6-3-7-13-23)16-19(28)26-14-10-18(11-15-26)24-20(29)17-8-4-2-5-9-17/h2,4-5,8-9,18H,3,6-7,10-16H2,1H3,(H,24,29). The molecule has 2 saturated heterocycles.